The maximum absolute atomic E-state index is 10.5. The van der Waals surface area contributed by atoms with Crippen molar-refractivity contribution in [3.05, 3.63) is 24.3 Å². The van der Waals surface area contributed by atoms with Crippen LogP contribution in [0.25, 0.3) is 0 Å². The van der Waals surface area contributed by atoms with Crippen molar-refractivity contribution >= 4 is 17.7 Å². The molecule has 76 valence electrons. The van der Waals surface area contributed by atoms with Gasteiger partial charge in [0.1, 0.15) is 6.61 Å². The lowest BCUT2D eigenvalue weighted by molar-refractivity contribution is 0.207. The molecule has 4 nitrogen and oxygen atoms in total. The number of para-hydroxylation sites is 2. The van der Waals surface area contributed by atoms with Gasteiger partial charge in [0.05, 0.1) is 5.88 Å². The highest BCUT2D eigenvalue weighted by atomic mass is 35.5. The van der Waals surface area contributed by atoms with Gasteiger partial charge in [-0.25, -0.2) is 4.79 Å². The molecule has 1 aromatic rings. The molecule has 0 fully saturated rings. The summed E-state index contributed by atoms with van der Waals surface area (Å²) in [5, 5.41) is 0. The zero-order valence-corrected chi connectivity index (χ0v) is 8.16. The summed E-state index contributed by atoms with van der Waals surface area (Å²) in [6, 6.07) is 6.74. The van der Waals surface area contributed by atoms with Crippen molar-refractivity contribution in [2.75, 3.05) is 12.5 Å². The van der Waals surface area contributed by atoms with Crippen molar-refractivity contribution in [2.45, 2.75) is 0 Å². The number of alkyl halides is 1. The van der Waals surface area contributed by atoms with E-state index in [1.165, 1.54) is 0 Å². The van der Waals surface area contributed by atoms with Gasteiger partial charge in [0.15, 0.2) is 11.5 Å². The number of halogens is 1. The Morgan fingerprint density at radius 2 is 2.00 bits per heavy atom. The van der Waals surface area contributed by atoms with E-state index in [0.717, 1.165) is 0 Å². The second kappa shape index (κ2) is 5.34. The standard InChI is InChI=1S/C9H10ClNO3/c10-5-6-13-7-3-1-2-4-8(7)14-9(11)12/h1-4H,5-6H2,(H2,11,12). The van der Waals surface area contributed by atoms with Gasteiger partial charge < -0.3 is 15.2 Å². The zero-order chi connectivity index (χ0) is 10.4. The van der Waals surface area contributed by atoms with E-state index in [1.54, 1.807) is 24.3 Å². The first-order valence-electron chi connectivity index (χ1n) is 3.99. The Kier molecular flexibility index (Phi) is 4.07. The van der Waals surface area contributed by atoms with E-state index in [2.05, 4.69) is 0 Å². The molecule has 0 bridgehead atoms. The summed E-state index contributed by atoms with van der Waals surface area (Å²) in [6.45, 7) is 0.348. The molecule has 0 aliphatic heterocycles. The van der Waals surface area contributed by atoms with Crippen LogP contribution in [0.2, 0.25) is 0 Å². The van der Waals surface area contributed by atoms with Gasteiger partial charge in [-0.15, -0.1) is 11.6 Å². The van der Waals surface area contributed by atoms with E-state index in [-0.39, 0.29) is 0 Å². The largest absolute Gasteiger partial charge is 0.488 e. The lowest BCUT2D eigenvalue weighted by Gasteiger charge is -2.08. The molecule has 0 aliphatic rings. The van der Waals surface area contributed by atoms with Crippen molar-refractivity contribution in [1.29, 1.82) is 0 Å². The monoisotopic (exact) mass is 215 g/mol. The van der Waals surface area contributed by atoms with Crippen LogP contribution in [-0.2, 0) is 0 Å². The van der Waals surface area contributed by atoms with Crippen LogP contribution in [0.1, 0.15) is 0 Å². The average molecular weight is 216 g/mol. The molecule has 0 aliphatic carbocycles. The Morgan fingerprint density at radius 3 is 2.57 bits per heavy atom. The van der Waals surface area contributed by atoms with Gasteiger partial charge in [-0.1, -0.05) is 12.1 Å². The van der Waals surface area contributed by atoms with Crippen molar-refractivity contribution in [1.82, 2.24) is 0 Å². The molecule has 0 atom stereocenters. The van der Waals surface area contributed by atoms with Gasteiger partial charge in [0.2, 0.25) is 0 Å². The van der Waals surface area contributed by atoms with Crippen LogP contribution in [0.3, 0.4) is 0 Å². The Bertz CT molecular complexity index is 317. The molecule has 1 aromatic carbocycles. The van der Waals surface area contributed by atoms with E-state index < -0.39 is 6.09 Å². The first-order chi connectivity index (χ1) is 6.74. The van der Waals surface area contributed by atoms with E-state index in [0.29, 0.717) is 24.0 Å². The third kappa shape index (κ3) is 3.14. The highest BCUT2D eigenvalue weighted by Crippen LogP contribution is 2.26. The molecular weight excluding hydrogens is 206 g/mol. The molecule has 0 aromatic heterocycles. The predicted octanol–water partition coefficient (Wildman–Crippen LogP) is 1.76. The first-order valence-corrected chi connectivity index (χ1v) is 4.52. The highest BCUT2D eigenvalue weighted by Gasteiger charge is 2.05. The van der Waals surface area contributed by atoms with Crippen LogP contribution >= 0.6 is 11.6 Å². The van der Waals surface area contributed by atoms with Gasteiger partial charge >= 0.3 is 6.09 Å². The molecular formula is C9H10ClNO3. The zero-order valence-electron chi connectivity index (χ0n) is 7.40. The maximum Gasteiger partial charge on any atom is 0.410 e. The van der Waals surface area contributed by atoms with E-state index in [9.17, 15) is 4.79 Å². The summed E-state index contributed by atoms with van der Waals surface area (Å²) >= 11 is 5.45. The fraction of sp³-hybridized carbons (Fsp3) is 0.222. The van der Waals surface area contributed by atoms with Gasteiger partial charge in [0.25, 0.3) is 0 Å². The molecule has 1 amide bonds. The quantitative estimate of drug-likeness (QED) is 0.779. The predicted molar refractivity (Wildman–Crippen MR) is 52.9 cm³/mol. The molecule has 0 saturated heterocycles. The van der Waals surface area contributed by atoms with Crippen LogP contribution in [0.15, 0.2) is 24.3 Å². The number of primary amides is 1. The molecule has 0 heterocycles. The van der Waals surface area contributed by atoms with Gasteiger partial charge in [-0.3, -0.25) is 0 Å². The minimum absolute atomic E-state index is 0.296. The minimum atomic E-state index is -0.869. The summed E-state index contributed by atoms with van der Waals surface area (Å²) < 4.78 is 9.94. The number of rotatable bonds is 4. The Balaban J connectivity index is 2.74. The molecule has 2 N–H and O–H groups in total. The van der Waals surface area contributed by atoms with Crippen molar-refractivity contribution in [3.8, 4) is 11.5 Å². The first kappa shape index (κ1) is 10.7. The second-order valence-corrected chi connectivity index (χ2v) is 2.78. The number of carbonyl (C=O) groups excluding carboxylic acids is 1. The molecule has 14 heavy (non-hydrogen) atoms. The van der Waals surface area contributed by atoms with Crippen LogP contribution in [-0.4, -0.2) is 18.6 Å². The Morgan fingerprint density at radius 1 is 1.36 bits per heavy atom. The summed E-state index contributed by atoms with van der Waals surface area (Å²) in [5.41, 5.74) is 4.88. The summed E-state index contributed by atoms with van der Waals surface area (Å²) in [5.74, 6) is 1.11. The van der Waals surface area contributed by atoms with E-state index >= 15 is 0 Å². The van der Waals surface area contributed by atoms with Crippen molar-refractivity contribution in [2.24, 2.45) is 5.73 Å². The third-order valence-corrected chi connectivity index (χ3v) is 1.55. The lowest BCUT2D eigenvalue weighted by Crippen LogP contribution is -2.16. The molecule has 5 heteroatoms. The molecule has 0 radical (unpaired) electrons. The van der Waals surface area contributed by atoms with Gasteiger partial charge in [0, 0.05) is 0 Å². The number of nitrogens with two attached hydrogens (primary N) is 1. The lowest BCUT2D eigenvalue weighted by atomic mass is 10.3. The number of hydrogen-bond donors (Lipinski definition) is 1. The second-order valence-electron chi connectivity index (χ2n) is 2.41. The normalized spacial score (nSPS) is 9.50. The molecule has 0 unspecified atom stereocenters. The number of hydrogen-bond acceptors (Lipinski definition) is 3. The maximum atomic E-state index is 10.5. The number of amides is 1. The highest BCUT2D eigenvalue weighted by molar-refractivity contribution is 6.18. The van der Waals surface area contributed by atoms with E-state index in [1.807, 2.05) is 0 Å². The number of carbonyl (C=O) groups is 1. The number of ether oxygens (including phenoxy) is 2. The van der Waals surface area contributed by atoms with Crippen LogP contribution in [0.5, 0.6) is 11.5 Å². The fourth-order valence-corrected chi connectivity index (χ4v) is 0.988. The number of benzene rings is 1. The van der Waals surface area contributed by atoms with Crippen LogP contribution in [0.4, 0.5) is 4.79 Å². The van der Waals surface area contributed by atoms with Crippen LogP contribution < -0.4 is 15.2 Å². The molecule has 0 saturated carbocycles. The summed E-state index contributed by atoms with van der Waals surface area (Å²) in [6.07, 6.45) is -0.869. The topological polar surface area (TPSA) is 61.6 Å². The summed E-state index contributed by atoms with van der Waals surface area (Å²) in [7, 11) is 0. The summed E-state index contributed by atoms with van der Waals surface area (Å²) in [4.78, 5) is 10.5. The SMILES string of the molecule is NC(=O)Oc1ccccc1OCCCl. The van der Waals surface area contributed by atoms with Crippen molar-refractivity contribution in [3.63, 3.8) is 0 Å². The fourth-order valence-electron chi connectivity index (χ4n) is 0.911. The van der Waals surface area contributed by atoms with Gasteiger partial charge in [-0.2, -0.15) is 0 Å². The average Bonchev–Trinajstić information content (AvgIpc) is 2.16. The third-order valence-electron chi connectivity index (χ3n) is 1.39. The van der Waals surface area contributed by atoms with Crippen molar-refractivity contribution < 1.29 is 14.3 Å². The Labute approximate surface area is 86.6 Å². The minimum Gasteiger partial charge on any atom is -0.488 e. The van der Waals surface area contributed by atoms with Gasteiger partial charge in [-0.05, 0) is 12.1 Å². The smallest absolute Gasteiger partial charge is 0.410 e. The van der Waals surface area contributed by atoms with E-state index in [4.69, 9.17) is 26.8 Å². The Hall–Kier alpha value is -1.42. The molecule has 0 spiro atoms. The molecule has 1 rings (SSSR count). The van der Waals surface area contributed by atoms with Crippen LogP contribution in [0, 0.1) is 0 Å².